The molecule has 1 aromatic carbocycles. The van der Waals surface area contributed by atoms with Gasteiger partial charge in [-0.15, -0.1) is 0 Å². The summed E-state index contributed by atoms with van der Waals surface area (Å²) in [5, 5.41) is 4.16. The lowest BCUT2D eigenvalue weighted by Gasteiger charge is -2.08. The van der Waals surface area contributed by atoms with Gasteiger partial charge in [-0.25, -0.2) is 0 Å². The van der Waals surface area contributed by atoms with Gasteiger partial charge in [0.2, 0.25) is 5.91 Å². The minimum Gasteiger partial charge on any atom is -0.452 e. The van der Waals surface area contributed by atoms with E-state index in [9.17, 15) is 4.79 Å². The van der Waals surface area contributed by atoms with Crippen molar-refractivity contribution in [1.29, 1.82) is 0 Å². The van der Waals surface area contributed by atoms with Crippen LogP contribution in [0.25, 0.3) is 0 Å². The normalized spacial score (nSPS) is 10.7. The van der Waals surface area contributed by atoms with Crippen molar-refractivity contribution in [3.8, 4) is 11.5 Å². The molecule has 0 aliphatic rings. The Morgan fingerprint density at radius 2 is 2.16 bits per heavy atom. The summed E-state index contributed by atoms with van der Waals surface area (Å²) in [4.78, 5) is 11.1. The monoisotopic (exact) mass is 260 g/mol. The number of carbonyl (C=O) groups excluding carboxylic acids is 1. The van der Waals surface area contributed by atoms with Crippen LogP contribution in [0.15, 0.2) is 30.6 Å². The first kappa shape index (κ1) is 12.9. The molecule has 2 aromatic rings. The van der Waals surface area contributed by atoms with Crippen LogP contribution in [0.4, 0.5) is 5.69 Å². The maximum absolute atomic E-state index is 11.1. The number of amides is 1. The van der Waals surface area contributed by atoms with E-state index in [0.29, 0.717) is 22.7 Å². The summed E-state index contributed by atoms with van der Waals surface area (Å²) in [6, 6.07) is 4.90. The van der Waals surface area contributed by atoms with Gasteiger partial charge in [0.05, 0.1) is 18.1 Å². The van der Waals surface area contributed by atoms with Crippen LogP contribution in [-0.2, 0) is 0 Å². The van der Waals surface area contributed by atoms with Gasteiger partial charge in [0.15, 0.2) is 11.5 Å². The molecule has 1 heterocycles. The summed E-state index contributed by atoms with van der Waals surface area (Å²) in [7, 11) is 0. The first-order valence-corrected chi connectivity index (χ1v) is 5.88. The molecule has 4 N–H and O–H groups in total. The maximum Gasteiger partial charge on any atom is 0.248 e. The lowest BCUT2D eigenvalue weighted by atomic mass is 10.2. The second-order valence-corrected chi connectivity index (χ2v) is 4.47. The number of benzene rings is 1. The Morgan fingerprint density at radius 1 is 1.42 bits per heavy atom. The van der Waals surface area contributed by atoms with Crippen LogP contribution in [0.5, 0.6) is 11.5 Å². The largest absolute Gasteiger partial charge is 0.452 e. The molecule has 1 amide bonds. The molecule has 0 unspecified atom stereocenters. The number of ether oxygens (including phenoxy) is 1. The maximum atomic E-state index is 11.1. The van der Waals surface area contributed by atoms with E-state index < -0.39 is 5.91 Å². The molecule has 2 rings (SSSR count). The van der Waals surface area contributed by atoms with Gasteiger partial charge in [-0.05, 0) is 32.0 Å². The van der Waals surface area contributed by atoms with Crippen LogP contribution in [0.2, 0.25) is 0 Å². The van der Waals surface area contributed by atoms with E-state index in [2.05, 4.69) is 5.10 Å². The van der Waals surface area contributed by atoms with E-state index in [0.717, 1.165) is 0 Å². The summed E-state index contributed by atoms with van der Waals surface area (Å²) in [5.74, 6) is 0.421. The summed E-state index contributed by atoms with van der Waals surface area (Å²) in [6.45, 7) is 4.03. The fraction of sp³-hybridized carbons (Fsp3) is 0.231. The highest BCUT2D eigenvalue weighted by Gasteiger charge is 2.09. The van der Waals surface area contributed by atoms with Gasteiger partial charge in [0.25, 0.3) is 0 Å². The predicted molar refractivity (Wildman–Crippen MR) is 72.1 cm³/mol. The van der Waals surface area contributed by atoms with Gasteiger partial charge in [-0.3, -0.25) is 9.48 Å². The van der Waals surface area contributed by atoms with Crippen molar-refractivity contribution in [1.82, 2.24) is 9.78 Å². The van der Waals surface area contributed by atoms with E-state index in [1.54, 1.807) is 29.2 Å². The first-order valence-electron chi connectivity index (χ1n) is 5.88. The number of primary amides is 1. The molecule has 0 atom stereocenters. The minimum absolute atomic E-state index is 0.242. The second-order valence-electron chi connectivity index (χ2n) is 4.47. The highest BCUT2D eigenvalue weighted by Crippen LogP contribution is 2.28. The Morgan fingerprint density at radius 3 is 2.74 bits per heavy atom. The van der Waals surface area contributed by atoms with Gasteiger partial charge < -0.3 is 16.2 Å². The van der Waals surface area contributed by atoms with E-state index in [-0.39, 0.29) is 6.04 Å². The molecule has 0 fully saturated rings. The highest BCUT2D eigenvalue weighted by atomic mass is 16.5. The van der Waals surface area contributed by atoms with Crippen LogP contribution in [0.3, 0.4) is 0 Å². The number of carbonyl (C=O) groups is 1. The number of anilines is 1. The third-order valence-corrected chi connectivity index (χ3v) is 2.63. The number of rotatable bonds is 4. The molecule has 0 spiro atoms. The number of hydrogen-bond donors (Lipinski definition) is 2. The third-order valence-electron chi connectivity index (χ3n) is 2.63. The molecular weight excluding hydrogens is 244 g/mol. The molecule has 0 saturated carbocycles. The van der Waals surface area contributed by atoms with Crippen LogP contribution in [-0.4, -0.2) is 15.7 Å². The molecule has 19 heavy (non-hydrogen) atoms. The molecule has 6 nitrogen and oxygen atoms in total. The average molecular weight is 260 g/mol. The Kier molecular flexibility index (Phi) is 3.41. The molecular formula is C13H16N4O2. The molecule has 0 saturated heterocycles. The van der Waals surface area contributed by atoms with Gasteiger partial charge >= 0.3 is 0 Å². The van der Waals surface area contributed by atoms with Crippen LogP contribution >= 0.6 is 0 Å². The van der Waals surface area contributed by atoms with Crippen molar-refractivity contribution in [2.75, 3.05) is 5.73 Å². The zero-order valence-corrected chi connectivity index (χ0v) is 10.8. The average Bonchev–Trinajstić information content (AvgIpc) is 2.80. The highest BCUT2D eigenvalue weighted by molar-refractivity contribution is 5.93. The van der Waals surface area contributed by atoms with Crippen LogP contribution in [0.1, 0.15) is 30.2 Å². The van der Waals surface area contributed by atoms with Gasteiger partial charge in [-0.2, -0.15) is 5.10 Å². The Bertz CT molecular complexity index is 604. The van der Waals surface area contributed by atoms with Gasteiger partial charge in [0.1, 0.15) is 0 Å². The van der Waals surface area contributed by atoms with Crippen molar-refractivity contribution >= 4 is 11.6 Å². The van der Waals surface area contributed by atoms with Crippen molar-refractivity contribution < 1.29 is 9.53 Å². The number of nitrogen functional groups attached to an aromatic ring is 1. The van der Waals surface area contributed by atoms with E-state index in [4.69, 9.17) is 16.2 Å². The van der Waals surface area contributed by atoms with Gasteiger partial charge in [0, 0.05) is 11.6 Å². The van der Waals surface area contributed by atoms with Crippen LogP contribution < -0.4 is 16.2 Å². The topological polar surface area (TPSA) is 96.2 Å². The number of nitrogens with zero attached hydrogens (tertiary/aromatic N) is 2. The summed E-state index contributed by atoms with van der Waals surface area (Å²) >= 11 is 0. The molecule has 6 heteroatoms. The minimum atomic E-state index is -0.525. The summed E-state index contributed by atoms with van der Waals surface area (Å²) in [5.41, 5.74) is 11.8. The zero-order chi connectivity index (χ0) is 14.0. The Hall–Kier alpha value is -2.50. The smallest absolute Gasteiger partial charge is 0.248 e. The van der Waals surface area contributed by atoms with E-state index in [1.807, 2.05) is 13.8 Å². The molecule has 100 valence electrons. The molecule has 1 aromatic heterocycles. The van der Waals surface area contributed by atoms with Crippen molar-refractivity contribution in [3.05, 3.63) is 36.2 Å². The first-order chi connectivity index (χ1) is 8.97. The number of hydrogen-bond acceptors (Lipinski definition) is 4. The third kappa shape index (κ3) is 2.85. The lowest BCUT2D eigenvalue weighted by molar-refractivity contribution is 0.1000. The standard InChI is InChI=1S/C13H16N4O2/c1-8(2)17-7-10(6-16-17)19-12-5-9(13(15)18)3-4-11(12)14/h3-8H,14H2,1-2H3,(H2,15,18). The van der Waals surface area contributed by atoms with Gasteiger partial charge in [-0.1, -0.05) is 0 Å². The Labute approximate surface area is 111 Å². The van der Waals surface area contributed by atoms with Crippen molar-refractivity contribution in [3.63, 3.8) is 0 Å². The van der Waals surface area contributed by atoms with Crippen molar-refractivity contribution in [2.45, 2.75) is 19.9 Å². The quantitative estimate of drug-likeness (QED) is 0.821. The molecule has 0 aliphatic carbocycles. The summed E-state index contributed by atoms with van der Waals surface area (Å²) in [6.07, 6.45) is 3.36. The van der Waals surface area contributed by atoms with Crippen molar-refractivity contribution in [2.24, 2.45) is 5.73 Å². The zero-order valence-electron chi connectivity index (χ0n) is 10.8. The number of nitrogens with two attached hydrogens (primary N) is 2. The fourth-order valence-electron chi connectivity index (χ4n) is 1.56. The number of aromatic nitrogens is 2. The molecule has 0 bridgehead atoms. The molecule has 0 aliphatic heterocycles. The van der Waals surface area contributed by atoms with E-state index >= 15 is 0 Å². The SMILES string of the molecule is CC(C)n1cc(Oc2cc(C(N)=O)ccc2N)cn1. The predicted octanol–water partition coefficient (Wildman–Crippen LogP) is 1.94. The van der Waals surface area contributed by atoms with Crippen LogP contribution in [0, 0.1) is 0 Å². The second kappa shape index (κ2) is 5.01. The summed E-state index contributed by atoms with van der Waals surface area (Å²) < 4.78 is 7.38. The fourth-order valence-corrected chi connectivity index (χ4v) is 1.56. The van der Waals surface area contributed by atoms with E-state index in [1.165, 1.54) is 6.07 Å². The Balaban J connectivity index is 2.26. The molecule has 0 radical (unpaired) electrons. The lowest BCUT2D eigenvalue weighted by Crippen LogP contribution is -2.11.